The highest BCUT2D eigenvalue weighted by molar-refractivity contribution is 5.97. The van der Waals surface area contributed by atoms with Crippen molar-refractivity contribution in [2.45, 2.75) is 32.9 Å². The SMILES string of the molecule is CC(C)C(C(=O)Nc1ccc2c(c1)OCO2)N(Cc1ccccc1F)C(=O)Cc1ccccc1. The van der Waals surface area contributed by atoms with E-state index in [-0.39, 0.29) is 37.5 Å². The molecule has 34 heavy (non-hydrogen) atoms. The second kappa shape index (κ2) is 10.4. The third-order valence-electron chi connectivity index (χ3n) is 5.69. The van der Waals surface area contributed by atoms with Crippen molar-refractivity contribution < 1.29 is 23.5 Å². The molecule has 4 rings (SSSR count). The van der Waals surface area contributed by atoms with Gasteiger partial charge in [-0.2, -0.15) is 0 Å². The van der Waals surface area contributed by atoms with Gasteiger partial charge in [-0.15, -0.1) is 0 Å². The number of benzene rings is 3. The Labute approximate surface area is 198 Å². The van der Waals surface area contributed by atoms with Gasteiger partial charge < -0.3 is 19.7 Å². The monoisotopic (exact) mass is 462 g/mol. The van der Waals surface area contributed by atoms with Crippen LogP contribution in [0.4, 0.5) is 10.1 Å². The van der Waals surface area contributed by atoms with Gasteiger partial charge in [0, 0.05) is 23.9 Å². The molecule has 1 aliphatic heterocycles. The van der Waals surface area contributed by atoms with Crippen LogP contribution in [-0.2, 0) is 22.6 Å². The lowest BCUT2D eigenvalue weighted by Gasteiger charge is -2.34. The minimum absolute atomic E-state index is 0.0181. The maximum absolute atomic E-state index is 14.5. The molecule has 0 radical (unpaired) electrons. The fourth-order valence-corrected chi connectivity index (χ4v) is 4.02. The number of hydrogen-bond donors (Lipinski definition) is 1. The number of carbonyl (C=O) groups excluding carboxylic acids is 2. The first-order valence-electron chi connectivity index (χ1n) is 11.2. The Morgan fingerprint density at radius 3 is 2.41 bits per heavy atom. The number of halogens is 1. The third-order valence-corrected chi connectivity index (χ3v) is 5.69. The Morgan fingerprint density at radius 1 is 0.971 bits per heavy atom. The average molecular weight is 463 g/mol. The molecule has 0 saturated heterocycles. The Balaban J connectivity index is 1.62. The number of ether oxygens (including phenoxy) is 2. The largest absolute Gasteiger partial charge is 0.454 e. The highest BCUT2D eigenvalue weighted by Gasteiger charge is 2.33. The van der Waals surface area contributed by atoms with Crippen LogP contribution >= 0.6 is 0 Å². The van der Waals surface area contributed by atoms with Crippen LogP contribution in [-0.4, -0.2) is 29.5 Å². The lowest BCUT2D eigenvalue weighted by atomic mass is 9.99. The predicted molar refractivity (Wildman–Crippen MR) is 127 cm³/mol. The first-order chi connectivity index (χ1) is 16.4. The van der Waals surface area contributed by atoms with Crippen LogP contribution in [0.1, 0.15) is 25.0 Å². The molecular formula is C27H27FN2O4. The fraction of sp³-hybridized carbons (Fsp3) is 0.259. The maximum Gasteiger partial charge on any atom is 0.247 e. The minimum Gasteiger partial charge on any atom is -0.454 e. The van der Waals surface area contributed by atoms with Crippen LogP contribution in [0.3, 0.4) is 0 Å². The number of anilines is 1. The van der Waals surface area contributed by atoms with Crippen molar-refractivity contribution in [2.24, 2.45) is 5.92 Å². The Morgan fingerprint density at radius 2 is 1.68 bits per heavy atom. The first-order valence-corrected chi connectivity index (χ1v) is 11.2. The number of nitrogens with zero attached hydrogens (tertiary/aromatic N) is 1. The van der Waals surface area contributed by atoms with Gasteiger partial charge in [-0.05, 0) is 29.7 Å². The maximum atomic E-state index is 14.5. The molecule has 3 aromatic carbocycles. The van der Waals surface area contributed by atoms with Crippen molar-refractivity contribution in [3.8, 4) is 11.5 Å². The molecule has 7 heteroatoms. The minimum atomic E-state index is -0.818. The summed E-state index contributed by atoms with van der Waals surface area (Å²) in [7, 11) is 0. The van der Waals surface area contributed by atoms with Crippen LogP contribution in [0.2, 0.25) is 0 Å². The highest BCUT2D eigenvalue weighted by atomic mass is 19.1. The normalized spacial score (nSPS) is 12.9. The van der Waals surface area contributed by atoms with Crippen molar-refractivity contribution >= 4 is 17.5 Å². The topological polar surface area (TPSA) is 67.9 Å². The zero-order valence-corrected chi connectivity index (χ0v) is 19.2. The quantitative estimate of drug-likeness (QED) is 0.523. The number of amides is 2. The second-order valence-corrected chi connectivity index (χ2v) is 8.52. The molecule has 0 fully saturated rings. The van der Waals surface area contributed by atoms with Gasteiger partial charge in [0.25, 0.3) is 0 Å². The van der Waals surface area contributed by atoms with Gasteiger partial charge in [-0.3, -0.25) is 9.59 Å². The van der Waals surface area contributed by atoms with Crippen LogP contribution in [0, 0.1) is 11.7 Å². The molecule has 0 aliphatic carbocycles. The van der Waals surface area contributed by atoms with Crippen molar-refractivity contribution in [3.05, 3.63) is 89.7 Å². The van der Waals surface area contributed by atoms with E-state index in [2.05, 4.69) is 5.32 Å². The van der Waals surface area contributed by atoms with Crippen molar-refractivity contribution in [1.29, 1.82) is 0 Å². The molecule has 0 aromatic heterocycles. The van der Waals surface area contributed by atoms with Gasteiger partial charge in [-0.25, -0.2) is 4.39 Å². The Hall–Kier alpha value is -3.87. The number of nitrogens with one attached hydrogen (secondary N) is 1. The number of carbonyl (C=O) groups is 2. The molecule has 6 nitrogen and oxygen atoms in total. The summed E-state index contributed by atoms with van der Waals surface area (Å²) in [4.78, 5) is 28.4. The molecule has 1 N–H and O–H groups in total. The molecule has 0 saturated carbocycles. The molecule has 176 valence electrons. The van der Waals surface area contributed by atoms with Crippen molar-refractivity contribution in [1.82, 2.24) is 4.90 Å². The van der Waals surface area contributed by atoms with Crippen LogP contribution in [0.25, 0.3) is 0 Å². The fourth-order valence-electron chi connectivity index (χ4n) is 4.02. The van der Waals surface area contributed by atoms with Crippen LogP contribution in [0.15, 0.2) is 72.8 Å². The summed E-state index contributed by atoms with van der Waals surface area (Å²) in [5, 5.41) is 2.89. The predicted octanol–water partition coefficient (Wildman–Crippen LogP) is 4.79. The van der Waals surface area contributed by atoms with Crippen molar-refractivity contribution in [2.75, 3.05) is 12.1 Å². The summed E-state index contributed by atoms with van der Waals surface area (Å²) in [6.45, 7) is 3.85. The Bertz CT molecular complexity index is 1170. The standard InChI is InChI=1S/C27H27FN2O4/c1-18(2)26(27(32)29-21-12-13-23-24(15-21)34-17-33-23)30(16-20-10-6-7-11-22(20)28)25(31)14-19-8-4-3-5-9-19/h3-13,15,18,26H,14,16-17H2,1-2H3,(H,29,32). The summed E-state index contributed by atoms with van der Waals surface area (Å²) in [6, 6.07) is 19.9. The summed E-state index contributed by atoms with van der Waals surface area (Å²) in [5.74, 6) is -0.0975. The Kier molecular flexibility index (Phi) is 7.11. The van der Waals surface area contributed by atoms with E-state index >= 15 is 0 Å². The second-order valence-electron chi connectivity index (χ2n) is 8.52. The molecule has 2 amide bonds. The van der Waals surface area contributed by atoms with E-state index in [1.165, 1.54) is 11.0 Å². The van der Waals surface area contributed by atoms with E-state index in [0.29, 0.717) is 22.7 Å². The summed E-state index contributed by atoms with van der Waals surface area (Å²) in [5.41, 5.74) is 1.71. The smallest absolute Gasteiger partial charge is 0.247 e. The van der Waals surface area contributed by atoms with E-state index in [1.807, 2.05) is 44.2 Å². The van der Waals surface area contributed by atoms with Gasteiger partial charge in [0.2, 0.25) is 18.6 Å². The molecule has 3 aromatic rings. The lowest BCUT2D eigenvalue weighted by Crippen LogP contribution is -2.50. The van der Waals surface area contributed by atoms with Gasteiger partial charge in [0.1, 0.15) is 11.9 Å². The number of hydrogen-bond acceptors (Lipinski definition) is 4. The highest BCUT2D eigenvalue weighted by Crippen LogP contribution is 2.34. The third kappa shape index (κ3) is 5.36. The lowest BCUT2D eigenvalue weighted by molar-refractivity contribution is -0.140. The summed E-state index contributed by atoms with van der Waals surface area (Å²) in [6.07, 6.45) is 0.107. The molecule has 1 aliphatic rings. The van der Waals surface area contributed by atoms with Gasteiger partial charge >= 0.3 is 0 Å². The van der Waals surface area contributed by atoms with E-state index in [0.717, 1.165) is 5.56 Å². The number of rotatable bonds is 8. The molecule has 1 heterocycles. The summed E-state index contributed by atoms with van der Waals surface area (Å²) < 4.78 is 25.2. The first kappa shape index (κ1) is 23.3. The van der Waals surface area contributed by atoms with Crippen LogP contribution < -0.4 is 14.8 Å². The van der Waals surface area contributed by atoms with Crippen LogP contribution in [0.5, 0.6) is 11.5 Å². The number of fused-ring (bicyclic) bond motifs is 1. The van der Waals surface area contributed by atoms with E-state index in [9.17, 15) is 14.0 Å². The zero-order chi connectivity index (χ0) is 24.1. The van der Waals surface area contributed by atoms with Crippen molar-refractivity contribution in [3.63, 3.8) is 0 Å². The average Bonchev–Trinajstić information content (AvgIpc) is 3.28. The van der Waals surface area contributed by atoms with E-state index in [1.54, 1.807) is 36.4 Å². The van der Waals surface area contributed by atoms with E-state index < -0.39 is 11.9 Å². The van der Waals surface area contributed by atoms with Gasteiger partial charge in [-0.1, -0.05) is 62.4 Å². The molecular weight excluding hydrogens is 435 g/mol. The molecule has 1 unspecified atom stereocenters. The molecule has 1 atom stereocenters. The molecule has 0 bridgehead atoms. The van der Waals surface area contributed by atoms with Gasteiger partial charge in [0.05, 0.1) is 6.42 Å². The van der Waals surface area contributed by atoms with Gasteiger partial charge in [0.15, 0.2) is 11.5 Å². The summed E-state index contributed by atoms with van der Waals surface area (Å²) >= 11 is 0. The molecule has 0 spiro atoms. The van der Waals surface area contributed by atoms with E-state index in [4.69, 9.17) is 9.47 Å². The zero-order valence-electron chi connectivity index (χ0n) is 19.2.